The van der Waals surface area contributed by atoms with Crippen molar-refractivity contribution in [3.63, 3.8) is 0 Å². The molecule has 0 bridgehead atoms. The average Bonchev–Trinajstić information content (AvgIpc) is 2.80. The quantitative estimate of drug-likeness (QED) is 0.708. The summed E-state index contributed by atoms with van der Waals surface area (Å²) in [6.45, 7) is 7.74. The molecule has 0 radical (unpaired) electrons. The summed E-state index contributed by atoms with van der Waals surface area (Å²) in [4.78, 5) is 5.04. The number of nitrogens with zero attached hydrogens (tertiary/aromatic N) is 2. The van der Waals surface area contributed by atoms with Gasteiger partial charge in [-0.2, -0.15) is 0 Å². The molecule has 0 atom stereocenters. The Kier molecular flexibility index (Phi) is 5.07. The number of rotatable bonds is 5. The van der Waals surface area contributed by atoms with E-state index in [1.807, 2.05) is 0 Å². The van der Waals surface area contributed by atoms with Gasteiger partial charge in [0, 0.05) is 6.04 Å². The van der Waals surface area contributed by atoms with Crippen LogP contribution in [0.3, 0.4) is 0 Å². The molecular formula is C13H27N3. The van der Waals surface area contributed by atoms with Crippen LogP contribution in [0.25, 0.3) is 0 Å². The fourth-order valence-electron chi connectivity index (χ4n) is 2.83. The highest BCUT2D eigenvalue weighted by molar-refractivity contribution is 4.75. The Morgan fingerprint density at radius 3 is 2.44 bits per heavy atom. The van der Waals surface area contributed by atoms with Gasteiger partial charge in [-0.05, 0) is 78.4 Å². The van der Waals surface area contributed by atoms with Gasteiger partial charge in [0.25, 0.3) is 0 Å². The molecule has 0 unspecified atom stereocenters. The molecule has 2 saturated heterocycles. The largest absolute Gasteiger partial charge is 0.314 e. The Morgan fingerprint density at radius 2 is 1.75 bits per heavy atom. The van der Waals surface area contributed by atoms with E-state index in [1.54, 1.807) is 0 Å². The van der Waals surface area contributed by atoms with Crippen molar-refractivity contribution in [3.05, 3.63) is 0 Å². The number of piperidine rings is 1. The standard InChI is InChI=1S/C13H27N3/c1-15-11-5-13(6-12-15)14-7-4-10-16-8-2-3-9-16/h13-14H,2-12H2,1H3. The fourth-order valence-corrected chi connectivity index (χ4v) is 2.83. The second-order valence-electron chi connectivity index (χ2n) is 5.43. The summed E-state index contributed by atoms with van der Waals surface area (Å²) < 4.78 is 0. The maximum Gasteiger partial charge on any atom is 0.00914 e. The number of nitrogens with one attached hydrogen (secondary N) is 1. The van der Waals surface area contributed by atoms with Crippen LogP contribution in [0.4, 0.5) is 0 Å². The summed E-state index contributed by atoms with van der Waals surface area (Å²) in [7, 11) is 2.23. The topological polar surface area (TPSA) is 18.5 Å². The van der Waals surface area contributed by atoms with Crippen molar-refractivity contribution in [2.75, 3.05) is 46.3 Å². The molecule has 2 aliphatic heterocycles. The van der Waals surface area contributed by atoms with Crippen LogP contribution < -0.4 is 5.32 Å². The van der Waals surface area contributed by atoms with Gasteiger partial charge in [0.15, 0.2) is 0 Å². The Hall–Kier alpha value is -0.120. The van der Waals surface area contributed by atoms with E-state index in [0.29, 0.717) is 0 Å². The third-order valence-electron chi connectivity index (χ3n) is 4.00. The predicted molar refractivity (Wildman–Crippen MR) is 68.8 cm³/mol. The number of hydrogen-bond donors (Lipinski definition) is 1. The van der Waals surface area contributed by atoms with Gasteiger partial charge in [0.05, 0.1) is 0 Å². The lowest BCUT2D eigenvalue weighted by Gasteiger charge is -2.29. The van der Waals surface area contributed by atoms with Gasteiger partial charge in [0.1, 0.15) is 0 Å². The van der Waals surface area contributed by atoms with Crippen molar-refractivity contribution in [3.8, 4) is 0 Å². The molecule has 0 aromatic carbocycles. The summed E-state index contributed by atoms with van der Waals surface area (Å²) in [5.41, 5.74) is 0. The normalized spacial score (nSPS) is 25.3. The molecule has 2 heterocycles. The zero-order valence-electron chi connectivity index (χ0n) is 10.7. The first kappa shape index (κ1) is 12.3. The molecule has 94 valence electrons. The highest BCUT2D eigenvalue weighted by atomic mass is 15.1. The molecule has 0 aliphatic carbocycles. The maximum atomic E-state index is 3.71. The lowest BCUT2D eigenvalue weighted by Crippen LogP contribution is -2.41. The summed E-state index contributed by atoms with van der Waals surface area (Å²) in [5, 5.41) is 3.71. The van der Waals surface area contributed by atoms with E-state index in [4.69, 9.17) is 0 Å². The molecule has 0 saturated carbocycles. The summed E-state index contributed by atoms with van der Waals surface area (Å²) >= 11 is 0. The van der Waals surface area contributed by atoms with Crippen LogP contribution in [0.5, 0.6) is 0 Å². The van der Waals surface area contributed by atoms with Gasteiger partial charge in [-0.1, -0.05) is 0 Å². The van der Waals surface area contributed by atoms with E-state index in [-0.39, 0.29) is 0 Å². The molecule has 2 fully saturated rings. The molecular weight excluding hydrogens is 198 g/mol. The highest BCUT2D eigenvalue weighted by Crippen LogP contribution is 2.09. The lowest BCUT2D eigenvalue weighted by molar-refractivity contribution is 0.232. The van der Waals surface area contributed by atoms with Gasteiger partial charge in [-0.25, -0.2) is 0 Å². The van der Waals surface area contributed by atoms with Crippen molar-refractivity contribution < 1.29 is 0 Å². The zero-order chi connectivity index (χ0) is 11.2. The Bertz CT molecular complexity index is 182. The van der Waals surface area contributed by atoms with E-state index >= 15 is 0 Å². The first-order valence-corrected chi connectivity index (χ1v) is 6.99. The van der Waals surface area contributed by atoms with Crippen molar-refractivity contribution in [2.45, 2.75) is 38.1 Å². The van der Waals surface area contributed by atoms with Gasteiger partial charge >= 0.3 is 0 Å². The van der Waals surface area contributed by atoms with E-state index in [9.17, 15) is 0 Å². The van der Waals surface area contributed by atoms with Crippen LogP contribution in [-0.2, 0) is 0 Å². The zero-order valence-corrected chi connectivity index (χ0v) is 10.7. The van der Waals surface area contributed by atoms with Crippen molar-refractivity contribution in [2.24, 2.45) is 0 Å². The van der Waals surface area contributed by atoms with Gasteiger partial charge in [0.2, 0.25) is 0 Å². The average molecular weight is 225 g/mol. The fraction of sp³-hybridized carbons (Fsp3) is 1.00. The van der Waals surface area contributed by atoms with E-state index in [2.05, 4.69) is 22.2 Å². The van der Waals surface area contributed by atoms with Gasteiger partial charge < -0.3 is 15.1 Å². The summed E-state index contributed by atoms with van der Waals surface area (Å²) in [6.07, 6.45) is 6.83. The van der Waals surface area contributed by atoms with Gasteiger partial charge in [-0.15, -0.1) is 0 Å². The predicted octanol–water partition coefficient (Wildman–Crippen LogP) is 1.16. The number of likely N-dealkylation sites (tertiary alicyclic amines) is 2. The molecule has 0 aromatic heterocycles. The number of hydrogen-bond acceptors (Lipinski definition) is 3. The van der Waals surface area contributed by atoms with Crippen LogP contribution in [0, 0.1) is 0 Å². The smallest absolute Gasteiger partial charge is 0.00914 e. The van der Waals surface area contributed by atoms with Crippen LogP contribution >= 0.6 is 0 Å². The van der Waals surface area contributed by atoms with E-state index < -0.39 is 0 Å². The molecule has 2 aliphatic rings. The minimum Gasteiger partial charge on any atom is -0.314 e. The maximum absolute atomic E-state index is 3.71. The monoisotopic (exact) mass is 225 g/mol. The molecule has 16 heavy (non-hydrogen) atoms. The molecule has 1 N–H and O–H groups in total. The molecule has 0 amide bonds. The van der Waals surface area contributed by atoms with Gasteiger partial charge in [-0.3, -0.25) is 0 Å². The molecule has 2 rings (SSSR count). The SMILES string of the molecule is CN1CCC(NCCCN2CCCC2)CC1. The minimum atomic E-state index is 0.787. The first-order chi connectivity index (χ1) is 7.84. The molecule has 0 aromatic rings. The van der Waals surface area contributed by atoms with Crippen LogP contribution in [0.2, 0.25) is 0 Å². The lowest BCUT2D eigenvalue weighted by atomic mass is 10.1. The third kappa shape index (κ3) is 4.04. The summed E-state index contributed by atoms with van der Waals surface area (Å²) in [6, 6.07) is 0.787. The molecule has 3 heteroatoms. The highest BCUT2D eigenvalue weighted by Gasteiger charge is 2.15. The Labute approximate surface area is 100 Å². The molecule has 0 spiro atoms. The summed E-state index contributed by atoms with van der Waals surface area (Å²) in [5.74, 6) is 0. The Morgan fingerprint density at radius 1 is 1.06 bits per heavy atom. The van der Waals surface area contributed by atoms with Crippen molar-refractivity contribution >= 4 is 0 Å². The van der Waals surface area contributed by atoms with Crippen LogP contribution in [0.1, 0.15) is 32.1 Å². The molecule has 3 nitrogen and oxygen atoms in total. The van der Waals surface area contributed by atoms with Crippen LogP contribution in [-0.4, -0.2) is 62.2 Å². The van der Waals surface area contributed by atoms with Crippen molar-refractivity contribution in [1.82, 2.24) is 15.1 Å². The van der Waals surface area contributed by atoms with E-state index in [1.165, 1.54) is 71.4 Å². The first-order valence-electron chi connectivity index (χ1n) is 6.99. The van der Waals surface area contributed by atoms with Crippen LogP contribution in [0.15, 0.2) is 0 Å². The van der Waals surface area contributed by atoms with Crippen molar-refractivity contribution in [1.29, 1.82) is 0 Å². The second kappa shape index (κ2) is 6.58. The van der Waals surface area contributed by atoms with E-state index in [0.717, 1.165) is 6.04 Å². The second-order valence-corrected chi connectivity index (χ2v) is 5.43. The minimum absolute atomic E-state index is 0.787. The Balaban J connectivity index is 1.48. The third-order valence-corrected chi connectivity index (χ3v) is 4.00.